The zero-order valence-electron chi connectivity index (χ0n) is 13.6. The van der Waals surface area contributed by atoms with Crippen molar-refractivity contribution in [1.82, 2.24) is 14.9 Å². The molecule has 1 aromatic heterocycles. The summed E-state index contributed by atoms with van der Waals surface area (Å²) in [5, 5.41) is 18.3. The highest BCUT2D eigenvalue weighted by molar-refractivity contribution is 7.89. The number of rotatable bonds is 6. The molecule has 0 fully saturated rings. The van der Waals surface area contributed by atoms with Crippen molar-refractivity contribution in [3.05, 3.63) is 39.8 Å². The molecule has 0 aliphatic heterocycles. The van der Waals surface area contributed by atoms with Gasteiger partial charge in [-0.3, -0.25) is 4.79 Å². The van der Waals surface area contributed by atoms with Crippen LogP contribution in [-0.2, 0) is 33.2 Å². The summed E-state index contributed by atoms with van der Waals surface area (Å²) in [6, 6.07) is 5.88. The van der Waals surface area contributed by atoms with Crippen LogP contribution in [0.1, 0.15) is 36.3 Å². The summed E-state index contributed by atoms with van der Waals surface area (Å²) in [5.74, 6) is -1.01. The van der Waals surface area contributed by atoms with Gasteiger partial charge in [0, 0.05) is 5.41 Å². The summed E-state index contributed by atoms with van der Waals surface area (Å²) in [6.45, 7) is 6.07. The van der Waals surface area contributed by atoms with Crippen LogP contribution in [0.3, 0.4) is 0 Å². The highest BCUT2D eigenvalue weighted by Crippen LogP contribution is 2.25. The molecule has 1 heterocycles. The van der Waals surface area contributed by atoms with Crippen molar-refractivity contribution in [2.24, 2.45) is 0 Å². The maximum Gasteiger partial charge on any atom is 0.307 e. The molecular weight excluding hydrogens is 350 g/mol. The van der Waals surface area contributed by atoms with E-state index in [-0.39, 0.29) is 23.3 Å². The van der Waals surface area contributed by atoms with E-state index in [1.165, 1.54) is 29.5 Å². The number of hydrogen-bond donors (Lipinski definition) is 2. The van der Waals surface area contributed by atoms with Crippen LogP contribution in [0.2, 0.25) is 0 Å². The second kappa shape index (κ2) is 6.96. The van der Waals surface area contributed by atoms with Gasteiger partial charge in [0.05, 0.1) is 17.9 Å². The Hall–Kier alpha value is -1.84. The van der Waals surface area contributed by atoms with Gasteiger partial charge >= 0.3 is 5.97 Å². The third-order valence-corrected chi connectivity index (χ3v) is 5.83. The maximum absolute atomic E-state index is 12.3. The number of nitrogens with zero attached hydrogens (tertiary/aromatic N) is 2. The third kappa shape index (κ3) is 4.83. The van der Waals surface area contributed by atoms with Gasteiger partial charge in [-0.1, -0.05) is 44.2 Å². The summed E-state index contributed by atoms with van der Waals surface area (Å²) in [7, 11) is -3.75. The molecule has 0 saturated carbocycles. The minimum atomic E-state index is -3.75. The van der Waals surface area contributed by atoms with E-state index in [0.29, 0.717) is 10.6 Å². The van der Waals surface area contributed by atoms with E-state index < -0.39 is 16.0 Å². The van der Waals surface area contributed by atoms with Crippen molar-refractivity contribution in [2.75, 3.05) is 0 Å². The molecule has 0 aliphatic rings. The lowest BCUT2D eigenvalue weighted by Crippen LogP contribution is -2.23. The van der Waals surface area contributed by atoms with Gasteiger partial charge in [0.25, 0.3) is 0 Å². The van der Waals surface area contributed by atoms with Crippen LogP contribution in [0.4, 0.5) is 0 Å². The first kappa shape index (κ1) is 18.5. The van der Waals surface area contributed by atoms with Crippen LogP contribution < -0.4 is 4.72 Å². The number of sulfonamides is 1. The standard InChI is InChI=1S/C15H19N3O4S2/c1-15(2,3)14-18-17-12(23-14)9-16-24(21,22)11-6-4-5-10(7-11)8-13(19)20/h4-7,16H,8-9H2,1-3H3,(H,19,20). The molecule has 0 atom stereocenters. The van der Waals surface area contributed by atoms with Gasteiger partial charge in [0.15, 0.2) is 0 Å². The Balaban J connectivity index is 2.11. The number of hydrogen-bond acceptors (Lipinski definition) is 6. The summed E-state index contributed by atoms with van der Waals surface area (Å²) in [5.41, 5.74) is 0.288. The molecule has 130 valence electrons. The number of benzene rings is 1. The lowest BCUT2D eigenvalue weighted by Gasteiger charge is -2.12. The topological polar surface area (TPSA) is 109 Å². The van der Waals surface area contributed by atoms with E-state index in [4.69, 9.17) is 5.11 Å². The normalized spacial score (nSPS) is 12.3. The molecule has 0 saturated heterocycles. The summed E-state index contributed by atoms with van der Waals surface area (Å²) in [4.78, 5) is 10.8. The van der Waals surface area contributed by atoms with Gasteiger partial charge in [-0.05, 0) is 17.7 Å². The van der Waals surface area contributed by atoms with Crippen LogP contribution in [0.15, 0.2) is 29.2 Å². The Bertz CT molecular complexity index is 838. The van der Waals surface area contributed by atoms with E-state index >= 15 is 0 Å². The Morgan fingerprint density at radius 3 is 2.58 bits per heavy atom. The van der Waals surface area contributed by atoms with Crippen LogP contribution in [0, 0.1) is 0 Å². The average molecular weight is 369 g/mol. The van der Waals surface area contributed by atoms with Crippen molar-refractivity contribution in [3.63, 3.8) is 0 Å². The van der Waals surface area contributed by atoms with Gasteiger partial charge in [-0.25, -0.2) is 13.1 Å². The van der Waals surface area contributed by atoms with E-state index in [0.717, 1.165) is 5.01 Å². The van der Waals surface area contributed by atoms with E-state index in [1.54, 1.807) is 6.07 Å². The number of carboxylic acid groups (broad SMARTS) is 1. The van der Waals surface area contributed by atoms with Gasteiger partial charge in [0.1, 0.15) is 10.0 Å². The second-order valence-electron chi connectivity index (χ2n) is 6.29. The number of carboxylic acids is 1. The molecule has 24 heavy (non-hydrogen) atoms. The van der Waals surface area contributed by atoms with Crippen LogP contribution >= 0.6 is 11.3 Å². The van der Waals surface area contributed by atoms with Crippen molar-refractivity contribution >= 4 is 27.3 Å². The fraction of sp³-hybridized carbons (Fsp3) is 0.400. The van der Waals surface area contributed by atoms with Crippen LogP contribution in [0.5, 0.6) is 0 Å². The fourth-order valence-corrected chi connectivity index (χ4v) is 3.85. The van der Waals surface area contributed by atoms with E-state index in [1.807, 2.05) is 20.8 Å². The molecule has 0 aliphatic carbocycles. The van der Waals surface area contributed by atoms with Crippen molar-refractivity contribution in [2.45, 2.75) is 44.0 Å². The summed E-state index contributed by atoms with van der Waals surface area (Å²) >= 11 is 1.36. The SMILES string of the molecule is CC(C)(C)c1nnc(CNS(=O)(=O)c2cccc(CC(=O)O)c2)s1. The molecule has 0 radical (unpaired) electrons. The van der Waals surface area contributed by atoms with Crippen LogP contribution in [-0.4, -0.2) is 29.7 Å². The number of carbonyl (C=O) groups is 1. The molecule has 0 spiro atoms. The zero-order valence-corrected chi connectivity index (χ0v) is 15.2. The number of nitrogens with one attached hydrogen (secondary N) is 1. The molecule has 1 aromatic carbocycles. The fourth-order valence-electron chi connectivity index (χ4n) is 1.87. The maximum atomic E-state index is 12.3. The molecular formula is C15H19N3O4S2. The van der Waals surface area contributed by atoms with Crippen molar-refractivity contribution in [1.29, 1.82) is 0 Å². The monoisotopic (exact) mass is 369 g/mol. The Kier molecular flexibility index (Phi) is 5.36. The van der Waals surface area contributed by atoms with E-state index in [9.17, 15) is 13.2 Å². The smallest absolute Gasteiger partial charge is 0.307 e. The molecule has 0 unspecified atom stereocenters. The molecule has 0 amide bonds. The second-order valence-corrected chi connectivity index (χ2v) is 9.12. The minimum absolute atomic E-state index is 0.0295. The minimum Gasteiger partial charge on any atom is -0.481 e. The Morgan fingerprint density at radius 2 is 2.00 bits per heavy atom. The average Bonchev–Trinajstić information content (AvgIpc) is 2.94. The van der Waals surface area contributed by atoms with Gasteiger partial charge < -0.3 is 5.11 Å². The van der Waals surface area contributed by atoms with Gasteiger partial charge in [0.2, 0.25) is 10.0 Å². The number of aliphatic carboxylic acids is 1. The van der Waals surface area contributed by atoms with Gasteiger partial charge in [-0.2, -0.15) is 0 Å². The third-order valence-electron chi connectivity index (χ3n) is 3.09. The molecule has 9 heteroatoms. The van der Waals surface area contributed by atoms with Crippen molar-refractivity contribution < 1.29 is 18.3 Å². The van der Waals surface area contributed by atoms with Gasteiger partial charge in [-0.15, -0.1) is 10.2 Å². The van der Waals surface area contributed by atoms with Crippen molar-refractivity contribution in [3.8, 4) is 0 Å². The first-order valence-electron chi connectivity index (χ1n) is 7.21. The molecule has 7 nitrogen and oxygen atoms in total. The quantitative estimate of drug-likeness (QED) is 0.805. The predicted octanol–water partition coefficient (Wildman–Crippen LogP) is 1.94. The first-order chi connectivity index (χ1) is 11.1. The predicted molar refractivity (Wildman–Crippen MR) is 90.4 cm³/mol. The Labute approximate surface area is 144 Å². The number of aromatic nitrogens is 2. The van der Waals surface area contributed by atoms with Crippen LogP contribution in [0.25, 0.3) is 0 Å². The zero-order chi connectivity index (χ0) is 18.0. The molecule has 2 aromatic rings. The molecule has 2 rings (SSSR count). The largest absolute Gasteiger partial charge is 0.481 e. The summed E-state index contributed by atoms with van der Waals surface area (Å²) < 4.78 is 27.2. The first-order valence-corrected chi connectivity index (χ1v) is 9.51. The highest BCUT2D eigenvalue weighted by atomic mass is 32.2. The lowest BCUT2D eigenvalue weighted by atomic mass is 9.98. The summed E-state index contributed by atoms with van der Waals surface area (Å²) in [6.07, 6.45) is -0.227. The Morgan fingerprint density at radius 1 is 1.29 bits per heavy atom. The highest BCUT2D eigenvalue weighted by Gasteiger charge is 2.21. The lowest BCUT2D eigenvalue weighted by molar-refractivity contribution is -0.136. The molecule has 0 bridgehead atoms. The molecule has 2 N–H and O–H groups in total. The van der Waals surface area contributed by atoms with E-state index in [2.05, 4.69) is 14.9 Å².